The molecular weight excluding hydrogens is 402 g/mol. The van der Waals surface area contributed by atoms with Gasteiger partial charge in [-0.2, -0.15) is 0 Å². The molecule has 0 spiro atoms. The van der Waals surface area contributed by atoms with E-state index < -0.39 is 0 Å². The summed E-state index contributed by atoms with van der Waals surface area (Å²) >= 11 is 0. The fourth-order valence-corrected chi connectivity index (χ4v) is 3.96. The Morgan fingerprint density at radius 2 is 1.88 bits per heavy atom. The van der Waals surface area contributed by atoms with Gasteiger partial charge in [0.05, 0.1) is 0 Å². The Morgan fingerprint density at radius 3 is 2.69 bits per heavy atom. The highest BCUT2D eigenvalue weighted by Crippen LogP contribution is 2.16. The summed E-state index contributed by atoms with van der Waals surface area (Å²) < 4.78 is 13.4. The third kappa shape index (κ3) is 5.99. The monoisotopic (exact) mass is 433 g/mol. The second kappa shape index (κ2) is 11.0. The van der Waals surface area contributed by atoms with Gasteiger partial charge >= 0.3 is 0 Å². The fourth-order valence-electron chi connectivity index (χ4n) is 3.96. The molecule has 1 saturated heterocycles. The third-order valence-electron chi connectivity index (χ3n) is 5.89. The van der Waals surface area contributed by atoms with Crippen LogP contribution in [-0.2, 0) is 11.3 Å². The van der Waals surface area contributed by atoms with Gasteiger partial charge in [-0.3, -0.25) is 9.69 Å². The van der Waals surface area contributed by atoms with Crippen LogP contribution in [0.3, 0.4) is 0 Å². The minimum atomic E-state index is -0.0941. The Hall–Kier alpha value is -3.09. The van der Waals surface area contributed by atoms with E-state index >= 15 is 0 Å². The largest absolute Gasteiger partial charge is 0.492 e. The summed E-state index contributed by atoms with van der Waals surface area (Å²) in [5, 5.41) is 3.01. The number of carbonyl (C=O) groups is 1. The average Bonchev–Trinajstić information content (AvgIpc) is 3.39. The SMILES string of the molecule is CN(CCOc1cccc(CNC(=O)c2cccc(-n3cccc3)c2)c1)C1CCOCC1. The molecule has 2 heterocycles. The number of benzene rings is 2. The highest BCUT2D eigenvalue weighted by molar-refractivity contribution is 5.94. The van der Waals surface area contributed by atoms with E-state index in [4.69, 9.17) is 9.47 Å². The van der Waals surface area contributed by atoms with Crippen molar-refractivity contribution in [2.75, 3.05) is 33.4 Å². The third-order valence-corrected chi connectivity index (χ3v) is 5.89. The van der Waals surface area contributed by atoms with E-state index in [-0.39, 0.29) is 5.91 Å². The van der Waals surface area contributed by atoms with Crippen LogP contribution >= 0.6 is 0 Å². The van der Waals surface area contributed by atoms with Crippen LogP contribution in [0, 0.1) is 0 Å². The summed E-state index contributed by atoms with van der Waals surface area (Å²) in [5.41, 5.74) is 2.61. The highest BCUT2D eigenvalue weighted by Gasteiger charge is 2.18. The summed E-state index contributed by atoms with van der Waals surface area (Å²) in [7, 11) is 2.15. The van der Waals surface area contributed by atoms with E-state index in [9.17, 15) is 4.79 Å². The van der Waals surface area contributed by atoms with Gasteiger partial charge in [-0.15, -0.1) is 0 Å². The zero-order valence-electron chi connectivity index (χ0n) is 18.6. The lowest BCUT2D eigenvalue weighted by Gasteiger charge is -2.31. The van der Waals surface area contributed by atoms with Gasteiger partial charge in [0.1, 0.15) is 12.4 Å². The van der Waals surface area contributed by atoms with Gasteiger partial charge in [0.15, 0.2) is 0 Å². The van der Waals surface area contributed by atoms with Crippen molar-refractivity contribution in [3.8, 4) is 11.4 Å². The lowest BCUT2D eigenvalue weighted by atomic mass is 10.1. The molecule has 4 rings (SSSR count). The van der Waals surface area contributed by atoms with Crippen molar-refractivity contribution < 1.29 is 14.3 Å². The minimum Gasteiger partial charge on any atom is -0.492 e. The van der Waals surface area contributed by atoms with Crippen molar-refractivity contribution in [1.29, 1.82) is 0 Å². The number of ether oxygens (including phenoxy) is 2. The van der Waals surface area contributed by atoms with Gasteiger partial charge in [-0.25, -0.2) is 0 Å². The molecule has 6 heteroatoms. The van der Waals surface area contributed by atoms with Gasteiger partial charge in [0.25, 0.3) is 5.91 Å². The number of aromatic nitrogens is 1. The molecule has 1 aromatic heterocycles. The summed E-state index contributed by atoms with van der Waals surface area (Å²) in [6.07, 6.45) is 6.09. The zero-order valence-corrected chi connectivity index (χ0v) is 18.6. The van der Waals surface area contributed by atoms with Crippen molar-refractivity contribution in [2.24, 2.45) is 0 Å². The maximum absolute atomic E-state index is 12.7. The lowest BCUT2D eigenvalue weighted by molar-refractivity contribution is 0.0392. The second-order valence-corrected chi connectivity index (χ2v) is 8.14. The fraction of sp³-hybridized carbons (Fsp3) is 0.346. The van der Waals surface area contributed by atoms with Crippen molar-refractivity contribution in [3.05, 3.63) is 84.2 Å². The highest BCUT2D eigenvalue weighted by atomic mass is 16.5. The molecule has 168 valence electrons. The maximum Gasteiger partial charge on any atom is 0.251 e. The van der Waals surface area contributed by atoms with E-state index in [0.29, 0.717) is 24.8 Å². The maximum atomic E-state index is 12.7. The smallest absolute Gasteiger partial charge is 0.251 e. The summed E-state index contributed by atoms with van der Waals surface area (Å²) in [5.74, 6) is 0.732. The molecule has 1 fully saturated rings. The molecule has 1 amide bonds. The van der Waals surface area contributed by atoms with Crippen molar-refractivity contribution in [2.45, 2.75) is 25.4 Å². The van der Waals surface area contributed by atoms with E-state index in [1.54, 1.807) is 0 Å². The van der Waals surface area contributed by atoms with Crippen molar-refractivity contribution >= 4 is 5.91 Å². The first-order valence-corrected chi connectivity index (χ1v) is 11.2. The summed E-state index contributed by atoms with van der Waals surface area (Å²) in [6, 6.07) is 20.0. The number of amides is 1. The Balaban J connectivity index is 1.26. The summed E-state index contributed by atoms with van der Waals surface area (Å²) in [6.45, 7) is 3.66. The van der Waals surface area contributed by atoms with Crippen LogP contribution in [0.4, 0.5) is 0 Å². The molecule has 2 aromatic carbocycles. The van der Waals surface area contributed by atoms with Crippen LogP contribution in [0.25, 0.3) is 5.69 Å². The molecular formula is C26H31N3O3. The van der Waals surface area contributed by atoms with Crippen LogP contribution in [-0.4, -0.2) is 54.8 Å². The number of rotatable bonds is 9. The first kappa shape index (κ1) is 22.1. The van der Waals surface area contributed by atoms with Gasteiger partial charge in [0, 0.05) is 56.0 Å². The Bertz CT molecular complexity index is 997. The van der Waals surface area contributed by atoms with Crippen LogP contribution in [0.2, 0.25) is 0 Å². The number of carbonyl (C=O) groups excluding carboxylic acids is 1. The normalized spacial score (nSPS) is 14.4. The molecule has 6 nitrogen and oxygen atoms in total. The standard InChI is InChI=1S/C26H31N3O3/c1-28(23-10-15-31-16-11-23)14-17-32-25-9-4-6-21(18-25)20-27-26(30)22-7-5-8-24(19-22)29-12-2-3-13-29/h2-9,12-13,18-19,23H,10-11,14-17,20H2,1H3,(H,27,30). The zero-order chi connectivity index (χ0) is 22.2. The molecule has 0 unspecified atom stereocenters. The van der Waals surface area contributed by atoms with Crippen LogP contribution in [0.15, 0.2) is 73.1 Å². The van der Waals surface area contributed by atoms with E-state index in [1.165, 1.54) is 0 Å². The van der Waals surface area contributed by atoms with Gasteiger partial charge in [0.2, 0.25) is 0 Å². The average molecular weight is 434 g/mol. The number of nitrogens with zero attached hydrogens (tertiary/aromatic N) is 2. The predicted octanol–water partition coefficient (Wildman–Crippen LogP) is 3.90. The van der Waals surface area contributed by atoms with Crippen LogP contribution < -0.4 is 10.1 Å². The Kier molecular flexibility index (Phi) is 7.59. The van der Waals surface area contributed by atoms with Gasteiger partial charge < -0.3 is 19.4 Å². The second-order valence-electron chi connectivity index (χ2n) is 8.14. The molecule has 0 aliphatic carbocycles. The number of hydrogen-bond acceptors (Lipinski definition) is 4. The van der Waals surface area contributed by atoms with E-state index in [0.717, 1.165) is 49.6 Å². The molecule has 0 saturated carbocycles. The van der Waals surface area contributed by atoms with E-state index in [2.05, 4.69) is 17.3 Å². The molecule has 0 atom stereocenters. The Labute approximate surface area is 189 Å². The quantitative estimate of drug-likeness (QED) is 0.556. The number of likely N-dealkylation sites (N-methyl/N-ethyl adjacent to an activating group) is 1. The predicted molar refractivity (Wildman–Crippen MR) is 125 cm³/mol. The topological polar surface area (TPSA) is 55.7 Å². The lowest BCUT2D eigenvalue weighted by Crippen LogP contribution is -2.38. The van der Waals surface area contributed by atoms with Crippen molar-refractivity contribution in [3.63, 3.8) is 0 Å². The number of hydrogen-bond donors (Lipinski definition) is 1. The molecule has 1 aliphatic rings. The molecule has 1 N–H and O–H groups in total. The van der Waals surface area contributed by atoms with Gasteiger partial charge in [-0.1, -0.05) is 18.2 Å². The molecule has 3 aromatic rings. The molecule has 1 aliphatic heterocycles. The van der Waals surface area contributed by atoms with Crippen LogP contribution in [0.1, 0.15) is 28.8 Å². The Morgan fingerprint density at radius 1 is 1.09 bits per heavy atom. The van der Waals surface area contributed by atoms with Gasteiger partial charge in [-0.05, 0) is 67.9 Å². The van der Waals surface area contributed by atoms with E-state index in [1.807, 2.05) is 77.6 Å². The molecule has 0 bridgehead atoms. The van der Waals surface area contributed by atoms with Crippen LogP contribution in [0.5, 0.6) is 5.75 Å². The minimum absolute atomic E-state index is 0.0941. The van der Waals surface area contributed by atoms with Crippen molar-refractivity contribution in [1.82, 2.24) is 14.8 Å². The first-order valence-electron chi connectivity index (χ1n) is 11.2. The first-order chi connectivity index (χ1) is 15.7. The number of nitrogens with one attached hydrogen (secondary N) is 1. The molecule has 32 heavy (non-hydrogen) atoms. The molecule has 0 radical (unpaired) electrons. The summed E-state index contributed by atoms with van der Waals surface area (Å²) in [4.78, 5) is 15.0.